The molecule has 5 heteroatoms. The highest BCUT2D eigenvalue weighted by atomic mass is 16.2. The molecule has 1 saturated carbocycles. The number of likely N-dealkylation sites (N-methyl/N-ethyl adjacent to an activating group) is 1. The largest absolute Gasteiger partial charge is 0.331 e. The third kappa shape index (κ3) is 4.00. The number of amides is 1. The summed E-state index contributed by atoms with van der Waals surface area (Å²) < 4.78 is 0. The van der Waals surface area contributed by atoms with Crippen LogP contribution in [-0.2, 0) is 4.79 Å². The van der Waals surface area contributed by atoms with E-state index in [9.17, 15) is 4.79 Å². The lowest BCUT2D eigenvalue weighted by molar-refractivity contribution is -0.134. The fourth-order valence-electron chi connectivity index (χ4n) is 4.25. The lowest BCUT2D eigenvalue weighted by Crippen LogP contribution is -2.54. The molecule has 3 fully saturated rings. The van der Waals surface area contributed by atoms with E-state index in [1.165, 1.54) is 45.2 Å². The van der Waals surface area contributed by atoms with Crippen molar-refractivity contribution in [1.82, 2.24) is 20.0 Å². The molecule has 1 amide bonds. The summed E-state index contributed by atoms with van der Waals surface area (Å²) in [5.74, 6) is 0.271. The van der Waals surface area contributed by atoms with Crippen molar-refractivity contribution in [3.05, 3.63) is 0 Å². The van der Waals surface area contributed by atoms with Crippen LogP contribution in [-0.4, -0.2) is 79.1 Å². The van der Waals surface area contributed by atoms with Crippen molar-refractivity contribution >= 4 is 5.91 Å². The van der Waals surface area contributed by atoms with Crippen LogP contribution < -0.4 is 5.32 Å². The molecule has 0 bridgehead atoms. The summed E-state index contributed by atoms with van der Waals surface area (Å²) in [6.45, 7) is 6.33. The molecule has 0 radical (unpaired) electrons. The minimum atomic E-state index is 0.0635. The summed E-state index contributed by atoms with van der Waals surface area (Å²) in [6, 6.07) is 0.895. The molecule has 126 valence electrons. The Morgan fingerprint density at radius 3 is 2.41 bits per heavy atom. The molecule has 1 unspecified atom stereocenters. The summed E-state index contributed by atoms with van der Waals surface area (Å²) in [6.07, 6.45) is 9.17. The molecular formula is C17H32N4O. The molecule has 1 atom stereocenters. The van der Waals surface area contributed by atoms with Crippen LogP contribution in [0.2, 0.25) is 0 Å². The molecule has 0 spiro atoms. The van der Waals surface area contributed by atoms with Gasteiger partial charge >= 0.3 is 0 Å². The number of hydrogen-bond acceptors (Lipinski definition) is 4. The van der Waals surface area contributed by atoms with Gasteiger partial charge in [-0.15, -0.1) is 0 Å². The van der Waals surface area contributed by atoms with Crippen LogP contribution in [0.4, 0.5) is 0 Å². The third-order valence-corrected chi connectivity index (χ3v) is 5.64. The second kappa shape index (κ2) is 7.75. The molecule has 22 heavy (non-hydrogen) atoms. The topological polar surface area (TPSA) is 38.8 Å². The maximum absolute atomic E-state index is 12.4. The Morgan fingerprint density at radius 1 is 1.05 bits per heavy atom. The van der Waals surface area contributed by atoms with Crippen molar-refractivity contribution in [2.24, 2.45) is 0 Å². The average Bonchev–Trinajstić information content (AvgIpc) is 3.10. The van der Waals surface area contributed by atoms with E-state index in [4.69, 9.17) is 0 Å². The smallest absolute Gasteiger partial charge is 0.240 e. The molecule has 2 saturated heterocycles. The molecule has 3 rings (SSSR count). The zero-order valence-electron chi connectivity index (χ0n) is 14.1. The van der Waals surface area contributed by atoms with Gasteiger partial charge in [0, 0.05) is 39.3 Å². The summed E-state index contributed by atoms with van der Waals surface area (Å²) in [7, 11) is 1.95. The summed E-state index contributed by atoms with van der Waals surface area (Å²) in [4.78, 5) is 19.4. The van der Waals surface area contributed by atoms with Crippen LogP contribution in [0.3, 0.4) is 0 Å². The van der Waals surface area contributed by atoms with E-state index >= 15 is 0 Å². The van der Waals surface area contributed by atoms with Crippen molar-refractivity contribution in [2.75, 3.05) is 46.4 Å². The highest BCUT2D eigenvalue weighted by molar-refractivity contribution is 5.81. The Morgan fingerprint density at radius 2 is 1.77 bits per heavy atom. The van der Waals surface area contributed by atoms with E-state index in [1.54, 1.807) is 0 Å². The predicted molar refractivity (Wildman–Crippen MR) is 88.7 cm³/mol. The van der Waals surface area contributed by atoms with Gasteiger partial charge in [0.1, 0.15) is 0 Å². The first-order valence-electron chi connectivity index (χ1n) is 9.19. The van der Waals surface area contributed by atoms with Gasteiger partial charge in [0.15, 0.2) is 0 Å². The van der Waals surface area contributed by atoms with Crippen molar-refractivity contribution in [3.8, 4) is 0 Å². The van der Waals surface area contributed by atoms with Gasteiger partial charge in [-0.05, 0) is 32.2 Å². The maximum Gasteiger partial charge on any atom is 0.240 e. The van der Waals surface area contributed by atoms with Crippen molar-refractivity contribution < 1.29 is 4.79 Å². The number of carbonyl (C=O) groups excluding carboxylic acids is 1. The van der Waals surface area contributed by atoms with Gasteiger partial charge in [-0.25, -0.2) is 0 Å². The van der Waals surface area contributed by atoms with E-state index in [2.05, 4.69) is 15.1 Å². The van der Waals surface area contributed by atoms with E-state index in [1.807, 2.05) is 11.9 Å². The molecule has 0 aromatic carbocycles. The van der Waals surface area contributed by atoms with Crippen LogP contribution in [0.25, 0.3) is 0 Å². The average molecular weight is 308 g/mol. The number of hydrogen-bond donors (Lipinski definition) is 1. The van der Waals surface area contributed by atoms with E-state index in [0.717, 1.165) is 45.2 Å². The van der Waals surface area contributed by atoms with E-state index < -0.39 is 0 Å². The summed E-state index contributed by atoms with van der Waals surface area (Å²) >= 11 is 0. The van der Waals surface area contributed by atoms with Crippen molar-refractivity contribution in [1.29, 1.82) is 0 Å². The van der Waals surface area contributed by atoms with Gasteiger partial charge < -0.3 is 10.2 Å². The molecule has 0 aromatic rings. The first-order chi connectivity index (χ1) is 10.7. The monoisotopic (exact) mass is 308 g/mol. The zero-order valence-corrected chi connectivity index (χ0v) is 14.1. The fourth-order valence-corrected chi connectivity index (χ4v) is 4.25. The quantitative estimate of drug-likeness (QED) is 0.844. The highest BCUT2D eigenvalue weighted by Crippen LogP contribution is 2.23. The lowest BCUT2D eigenvalue weighted by Gasteiger charge is -2.41. The number of nitrogens with one attached hydrogen (secondary N) is 1. The predicted octanol–water partition coefficient (Wildman–Crippen LogP) is 1.10. The van der Waals surface area contributed by atoms with E-state index in [0.29, 0.717) is 0 Å². The Kier molecular flexibility index (Phi) is 5.71. The summed E-state index contributed by atoms with van der Waals surface area (Å²) in [5, 5.41) is 3.31. The fraction of sp³-hybridized carbons (Fsp3) is 0.941. The number of piperazine rings is 1. The van der Waals surface area contributed by atoms with Crippen LogP contribution in [0.15, 0.2) is 0 Å². The summed E-state index contributed by atoms with van der Waals surface area (Å²) in [5.41, 5.74) is 0. The molecule has 3 aliphatic rings. The van der Waals surface area contributed by atoms with Crippen LogP contribution in [0.1, 0.15) is 44.9 Å². The van der Waals surface area contributed by atoms with Crippen molar-refractivity contribution in [3.63, 3.8) is 0 Å². The van der Waals surface area contributed by atoms with Gasteiger partial charge in [0.05, 0.1) is 12.7 Å². The Hall–Kier alpha value is -0.650. The molecule has 1 N–H and O–H groups in total. The maximum atomic E-state index is 12.4. The zero-order chi connectivity index (χ0) is 15.4. The number of carbonyl (C=O) groups is 1. The standard InChI is InChI=1S/C17H32N4O/c1-19(17(22)16-8-5-9-18-16)14-20-10-12-21(13-11-20)15-6-3-2-4-7-15/h15-16,18H,2-14H2,1H3. The first-order valence-corrected chi connectivity index (χ1v) is 9.19. The normalized spacial score (nSPS) is 28.9. The van der Waals surface area contributed by atoms with Gasteiger partial charge in [-0.2, -0.15) is 0 Å². The number of nitrogens with zero attached hydrogens (tertiary/aromatic N) is 3. The lowest BCUT2D eigenvalue weighted by atomic mass is 9.94. The molecule has 5 nitrogen and oxygen atoms in total. The SMILES string of the molecule is CN(CN1CCN(C2CCCCC2)CC1)C(=O)C1CCCN1. The van der Waals surface area contributed by atoms with Gasteiger partial charge in [-0.3, -0.25) is 14.6 Å². The second-order valence-electron chi connectivity index (χ2n) is 7.27. The highest BCUT2D eigenvalue weighted by Gasteiger charge is 2.28. The third-order valence-electron chi connectivity index (χ3n) is 5.64. The van der Waals surface area contributed by atoms with Crippen LogP contribution in [0.5, 0.6) is 0 Å². The Labute approximate surface area is 135 Å². The van der Waals surface area contributed by atoms with Gasteiger partial charge in [0.2, 0.25) is 5.91 Å². The molecule has 2 aliphatic heterocycles. The minimum Gasteiger partial charge on any atom is -0.331 e. The minimum absolute atomic E-state index is 0.0635. The van der Waals surface area contributed by atoms with Gasteiger partial charge in [0.25, 0.3) is 0 Å². The van der Waals surface area contributed by atoms with Crippen LogP contribution in [0, 0.1) is 0 Å². The molecule has 0 aromatic heterocycles. The molecule has 1 aliphatic carbocycles. The Bertz CT molecular complexity index is 356. The molecule has 2 heterocycles. The Balaban J connectivity index is 1.40. The molecular weight excluding hydrogens is 276 g/mol. The second-order valence-corrected chi connectivity index (χ2v) is 7.27. The van der Waals surface area contributed by atoms with Gasteiger partial charge in [-0.1, -0.05) is 19.3 Å². The number of rotatable bonds is 4. The first kappa shape index (κ1) is 16.2. The van der Waals surface area contributed by atoms with E-state index in [-0.39, 0.29) is 11.9 Å². The van der Waals surface area contributed by atoms with Crippen LogP contribution >= 0.6 is 0 Å². The van der Waals surface area contributed by atoms with Crippen molar-refractivity contribution in [2.45, 2.75) is 57.0 Å².